The third kappa shape index (κ3) is 2.52. The van der Waals surface area contributed by atoms with Crippen molar-refractivity contribution in [2.75, 3.05) is 11.9 Å². The molecule has 2 rings (SSSR count). The Morgan fingerprint density at radius 1 is 1.38 bits per heavy atom. The van der Waals surface area contributed by atoms with Gasteiger partial charge in [0.15, 0.2) is 0 Å². The van der Waals surface area contributed by atoms with Crippen LogP contribution in [0.5, 0.6) is 0 Å². The van der Waals surface area contributed by atoms with Gasteiger partial charge in [-0.2, -0.15) is 0 Å². The van der Waals surface area contributed by atoms with Crippen molar-refractivity contribution in [3.05, 3.63) is 17.6 Å². The van der Waals surface area contributed by atoms with Gasteiger partial charge in [0.1, 0.15) is 5.82 Å². The predicted molar refractivity (Wildman–Crippen MR) is 66.6 cm³/mol. The molecular weight excluding hydrogens is 198 g/mol. The Hall–Kier alpha value is -1.12. The molecule has 1 aromatic heterocycles. The van der Waals surface area contributed by atoms with E-state index in [1.54, 1.807) is 0 Å². The van der Waals surface area contributed by atoms with Crippen LogP contribution in [0.4, 0.5) is 5.82 Å². The van der Waals surface area contributed by atoms with Gasteiger partial charge < -0.3 is 5.32 Å². The predicted octanol–water partition coefficient (Wildman–Crippen LogP) is 3.09. The topological polar surface area (TPSA) is 37.8 Å². The summed E-state index contributed by atoms with van der Waals surface area (Å²) in [6.45, 7) is 7.31. The number of nitrogens with one attached hydrogen (secondary N) is 1. The van der Waals surface area contributed by atoms with E-state index in [9.17, 15) is 0 Å². The van der Waals surface area contributed by atoms with E-state index in [4.69, 9.17) is 0 Å². The van der Waals surface area contributed by atoms with E-state index in [2.05, 4.69) is 22.2 Å². The molecule has 0 radical (unpaired) electrons. The van der Waals surface area contributed by atoms with Gasteiger partial charge in [0.05, 0.1) is 11.4 Å². The summed E-state index contributed by atoms with van der Waals surface area (Å²) in [6.07, 6.45) is 7.16. The minimum atomic E-state index is 0.562. The Morgan fingerprint density at radius 3 is 2.75 bits per heavy atom. The Labute approximate surface area is 97.7 Å². The SMILES string of the molecule is CCCC1(CNc2nc(C)cnc2C)CC1. The molecular formula is C13H21N3. The fraction of sp³-hybridized carbons (Fsp3) is 0.692. The second-order valence-electron chi connectivity index (χ2n) is 5.05. The summed E-state index contributed by atoms with van der Waals surface area (Å²) < 4.78 is 0. The zero-order valence-corrected chi connectivity index (χ0v) is 10.5. The molecule has 0 atom stereocenters. The zero-order chi connectivity index (χ0) is 11.6. The van der Waals surface area contributed by atoms with Crippen LogP contribution in [0, 0.1) is 19.3 Å². The summed E-state index contributed by atoms with van der Waals surface area (Å²) in [7, 11) is 0. The summed E-state index contributed by atoms with van der Waals surface area (Å²) in [4.78, 5) is 8.81. The highest BCUT2D eigenvalue weighted by atomic mass is 15.0. The van der Waals surface area contributed by atoms with E-state index in [0.717, 1.165) is 23.8 Å². The number of aryl methyl sites for hydroxylation is 2. The normalized spacial score (nSPS) is 17.2. The number of hydrogen-bond acceptors (Lipinski definition) is 3. The molecule has 0 unspecified atom stereocenters. The Balaban J connectivity index is 1.97. The first-order valence-electron chi connectivity index (χ1n) is 6.19. The lowest BCUT2D eigenvalue weighted by Crippen LogP contribution is -2.17. The quantitative estimate of drug-likeness (QED) is 0.827. The molecule has 3 nitrogen and oxygen atoms in total. The zero-order valence-electron chi connectivity index (χ0n) is 10.5. The van der Waals surface area contributed by atoms with Gasteiger partial charge >= 0.3 is 0 Å². The smallest absolute Gasteiger partial charge is 0.147 e. The highest BCUT2D eigenvalue weighted by Crippen LogP contribution is 2.49. The molecule has 1 N–H and O–H groups in total. The summed E-state index contributed by atoms with van der Waals surface area (Å²) in [5.74, 6) is 0.961. The van der Waals surface area contributed by atoms with Crippen LogP contribution < -0.4 is 5.32 Å². The van der Waals surface area contributed by atoms with Gasteiger partial charge in [-0.3, -0.25) is 4.98 Å². The Bertz CT molecular complexity index is 369. The summed E-state index contributed by atoms with van der Waals surface area (Å²) >= 11 is 0. The van der Waals surface area contributed by atoms with Gasteiger partial charge in [-0.1, -0.05) is 13.3 Å². The van der Waals surface area contributed by atoms with Crippen molar-refractivity contribution in [3.8, 4) is 0 Å². The largest absolute Gasteiger partial charge is 0.368 e. The molecule has 88 valence electrons. The molecule has 0 spiro atoms. The fourth-order valence-corrected chi connectivity index (χ4v) is 2.20. The Morgan fingerprint density at radius 2 is 2.12 bits per heavy atom. The van der Waals surface area contributed by atoms with Crippen molar-refractivity contribution in [1.29, 1.82) is 0 Å². The van der Waals surface area contributed by atoms with E-state index in [-0.39, 0.29) is 0 Å². The highest BCUT2D eigenvalue weighted by molar-refractivity contribution is 5.40. The molecule has 1 saturated carbocycles. The van der Waals surface area contributed by atoms with Gasteiger partial charge in [-0.25, -0.2) is 4.98 Å². The number of rotatable bonds is 5. The second-order valence-corrected chi connectivity index (χ2v) is 5.05. The van der Waals surface area contributed by atoms with Crippen LogP contribution in [0.3, 0.4) is 0 Å². The van der Waals surface area contributed by atoms with Crippen molar-refractivity contribution >= 4 is 5.82 Å². The monoisotopic (exact) mass is 219 g/mol. The molecule has 0 saturated heterocycles. The first-order chi connectivity index (χ1) is 7.65. The summed E-state index contributed by atoms with van der Waals surface area (Å²) in [6, 6.07) is 0. The molecule has 0 aliphatic heterocycles. The van der Waals surface area contributed by atoms with Crippen LogP contribution in [0.15, 0.2) is 6.20 Å². The standard InChI is InChI=1S/C13H21N3/c1-4-5-13(6-7-13)9-15-12-11(3)14-8-10(2)16-12/h8H,4-7,9H2,1-3H3,(H,15,16). The fourth-order valence-electron chi connectivity index (χ4n) is 2.20. The molecule has 0 amide bonds. The first-order valence-corrected chi connectivity index (χ1v) is 6.19. The Kier molecular flexibility index (Phi) is 3.13. The minimum Gasteiger partial charge on any atom is -0.368 e. The summed E-state index contributed by atoms with van der Waals surface area (Å²) in [5.41, 5.74) is 2.54. The molecule has 1 fully saturated rings. The van der Waals surface area contributed by atoms with Crippen LogP contribution in [0.1, 0.15) is 44.0 Å². The first kappa shape index (κ1) is 11.4. The van der Waals surface area contributed by atoms with Crippen molar-refractivity contribution in [3.63, 3.8) is 0 Å². The van der Waals surface area contributed by atoms with Crippen LogP contribution in [-0.2, 0) is 0 Å². The van der Waals surface area contributed by atoms with Gasteiger partial charge in [0.2, 0.25) is 0 Å². The van der Waals surface area contributed by atoms with Crippen LogP contribution in [0.25, 0.3) is 0 Å². The van der Waals surface area contributed by atoms with Gasteiger partial charge in [-0.15, -0.1) is 0 Å². The lowest BCUT2D eigenvalue weighted by Gasteiger charge is -2.16. The lowest BCUT2D eigenvalue weighted by molar-refractivity contribution is 0.485. The number of hydrogen-bond donors (Lipinski definition) is 1. The van der Waals surface area contributed by atoms with Gasteiger partial charge in [0.25, 0.3) is 0 Å². The molecule has 0 bridgehead atoms. The maximum atomic E-state index is 4.49. The third-order valence-corrected chi connectivity index (χ3v) is 3.44. The van der Waals surface area contributed by atoms with Crippen molar-refractivity contribution in [2.45, 2.75) is 46.5 Å². The molecule has 1 aromatic rings. The van der Waals surface area contributed by atoms with Crippen molar-refractivity contribution in [2.24, 2.45) is 5.41 Å². The molecule has 1 aliphatic carbocycles. The average Bonchev–Trinajstić information content (AvgIpc) is 3.01. The molecule has 1 heterocycles. The maximum Gasteiger partial charge on any atom is 0.147 e. The molecule has 3 heteroatoms. The number of nitrogens with zero attached hydrogens (tertiary/aromatic N) is 2. The molecule has 1 aliphatic rings. The van der Waals surface area contributed by atoms with Crippen molar-refractivity contribution < 1.29 is 0 Å². The van der Waals surface area contributed by atoms with Gasteiger partial charge in [-0.05, 0) is 38.5 Å². The van der Waals surface area contributed by atoms with Gasteiger partial charge in [0, 0.05) is 12.7 Å². The van der Waals surface area contributed by atoms with E-state index in [1.807, 2.05) is 20.0 Å². The van der Waals surface area contributed by atoms with Crippen LogP contribution in [-0.4, -0.2) is 16.5 Å². The number of aromatic nitrogens is 2. The van der Waals surface area contributed by atoms with Crippen molar-refractivity contribution in [1.82, 2.24) is 9.97 Å². The molecule has 0 aromatic carbocycles. The lowest BCUT2D eigenvalue weighted by atomic mass is 10.0. The minimum absolute atomic E-state index is 0.562. The van der Waals surface area contributed by atoms with Crippen LogP contribution >= 0.6 is 0 Å². The highest BCUT2D eigenvalue weighted by Gasteiger charge is 2.41. The summed E-state index contributed by atoms with van der Waals surface area (Å²) in [5, 5.41) is 3.47. The van der Waals surface area contributed by atoms with E-state index < -0.39 is 0 Å². The molecule has 16 heavy (non-hydrogen) atoms. The van der Waals surface area contributed by atoms with E-state index >= 15 is 0 Å². The maximum absolute atomic E-state index is 4.49. The van der Waals surface area contributed by atoms with Crippen LogP contribution in [0.2, 0.25) is 0 Å². The van der Waals surface area contributed by atoms with E-state index in [0.29, 0.717) is 5.41 Å². The number of anilines is 1. The average molecular weight is 219 g/mol. The second kappa shape index (κ2) is 4.40. The third-order valence-electron chi connectivity index (χ3n) is 3.44. The van der Waals surface area contributed by atoms with E-state index in [1.165, 1.54) is 25.7 Å².